The first-order chi connectivity index (χ1) is 16.1. The minimum Gasteiger partial charge on any atom is -0.367 e. The number of nitrogens with one attached hydrogen (secondary N) is 1. The van der Waals surface area contributed by atoms with Crippen molar-refractivity contribution in [3.8, 4) is 0 Å². The number of aryl methyl sites for hydroxylation is 2. The second-order valence-electron chi connectivity index (χ2n) is 7.90. The molecule has 3 aromatic carbocycles. The van der Waals surface area contributed by atoms with Crippen LogP contribution in [-0.4, -0.2) is 28.2 Å². The number of hydrogen-bond donors (Lipinski definition) is 1. The number of hydrazone groups is 1. The SMILES string of the molecule is CCN(Cc1ccccc1)c1ccc(/C=N\NC(=O)c2ccc3c(c2)nc(C)n3CC)cc1. The molecule has 0 saturated heterocycles. The number of fused-ring (bicyclic) bond motifs is 1. The van der Waals surface area contributed by atoms with Gasteiger partial charge in [0, 0.05) is 30.9 Å². The zero-order valence-corrected chi connectivity index (χ0v) is 19.3. The summed E-state index contributed by atoms with van der Waals surface area (Å²) >= 11 is 0. The van der Waals surface area contributed by atoms with Crippen molar-refractivity contribution in [1.29, 1.82) is 0 Å². The van der Waals surface area contributed by atoms with E-state index < -0.39 is 0 Å². The predicted octanol–water partition coefficient (Wildman–Crippen LogP) is 5.16. The maximum absolute atomic E-state index is 12.5. The number of benzene rings is 3. The molecule has 0 aliphatic carbocycles. The molecular weight excluding hydrogens is 410 g/mol. The van der Waals surface area contributed by atoms with Gasteiger partial charge < -0.3 is 9.47 Å². The third-order valence-electron chi connectivity index (χ3n) is 5.75. The van der Waals surface area contributed by atoms with Crippen LogP contribution in [0.2, 0.25) is 0 Å². The van der Waals surface area contributed by atoms with E-state index in [1.165, 1.54) is 5.56 Å². The smallest absolute Gasteiger partial charge is 0.271 e. The van der Waals surface area contributed by atoms with Crippen LogP contribution < -0.4 is 10.3 Å². The van der Waals surface area contributed by atoms with E-state index in [4.69, 9.17) is 0 Å². The summed E-state index contributed by atoms with van der Waals surface area (Å²) in [6.45, 7) is 8.83. The molecule has 33 heavy (non-hydrogen) atoms. The third-order valence-corrected chi connectivity index (χ3v) is 5.75. The van der Waals surface area contributed by atoms with E-state index in [2.05, 4.69) is 75.2 Å². The third kappa shape index (κ3) is 5.12. The van der Waals surface area contributed by atoms with E-state index >= 15 is 0 Å². The van der Waals surface area contributed by atoms with Crippen molar-refractivity contribution in [3.63, 3.8) is 0 Å². The van der Waals surface area contributed by atoms with E-state index in [1.54, 1.807) is 18.3 Å². The standard InChI is InChI=1S/C27H29N5O/c1-4-31(19-22-9-7-6-8-10-22)24-14-11-21(12-15-24)18-28-30-27(33)23-13-16-26-25(17-23)29-20(3)32(26)5-2/h6-18H,4-5,19H2,1-3H3,(H,30,33)/b28-18-. The minimum atomic E-state index is -0.256. The molecule has 0 radical (unpaired) electrons. The molecule has 1 aromatic heterocycles. The van der Waals surface area contributed by atoms with Gasteiger partial charge in [0.2, 0.25) is 0 Å². The number of anilines is 1. The number of nitrogens with zero attached hydrogens (tertiary/aromatic N) is 4. The summed E-state index contributed by atoms with van der Waals surface area (Å²) in [4.78, 5) is 19.4. The van der Waals surface area contributed by atoms with Crippen LogP contribution in [0.1, 0.15) is 41.2 Å². The van der Waals surface area contributed by atoms with Gasteiger partial charge in [-0.05, 0) is 62.2 Å². The Morgan fingerprint density at radius 1 is 1.06 bits per heavy atom. The molecule has 0 aliphatic rings. The van der Waals surface area contributed by atoms with Gasteiger partial charge >= 0.3 is 0 Å². The number of rotatable bonds is 8. The van der Waals surface area contributed by atoms with Gasteiger partial charge in [0.05, 0.1) is 17.2 Å². The first-order valence-corrected chi connectivity index (χ1v) is 11.3. The maximum Gasteiger partial charge on any atom is 0.271 e. The van der Waals surface area contributed by atoms with Gasteiger partial charge in [-0.3, -0.25) is 4.79 Å². The largest absolute Gasteiger partial charge is 0.367 e. The molecule has 0 spiro atoms. The van der Waals surface area contributed by atoms with E-state index in [1.807, 2.05) is 31.2 Å². The van der Waals surface area contributed by atoms with E-state index in [9.17, 15) is 4.79 Å². The normalized spacial score (nSPS) is 11.2. The second-order valence-corrected chi connectivity index (χ2v) is 7.90. The fourth-order valence-corrected chi connectivity index (χ4v) is 3.98. The monoisotopic (exact) mass is 439 g/mol. The molecule has 0 atom stereocenters. The lowest BCUT2D eigenvalue weighted by Gasteiger charge is -2.23. The van der Waals surface area contributed by atoms with E-state index in [0.717, 1.165) is 47.7 Å². The predicted molar refractivity (Wildman–Crippen MR) is 135 cm³/mol. The van der Waals surface area contributed by atoms with Crippen molar-refractivity contribution in [2.24, 2.45) is 5.10 Å². The van der Waals surface area contributed by atoms with Crippen LogP contribution in [0.3, 0.4) is 0 Å². The van der Waals surface area contributed by atoms with Crippen molar-refractivity contribution in [2.45, 2.75) is 33.9 Å². The Labute approximate surface area is 194 Å². The lowest BCUT2D eigenvalue weighted by molar-refractivity contribution is 0.0955. The Morgan fingerprint density at radius 2 is 1.82 bits per heavy atom. The van der Waals surface area contributed by atoms with Gasteiger partial charge in [0.25, 0.3) is 5.91 Å². The molecule has 0 unspecified atom stereocenters. The summed E-state index contributed by atoms with van der Waals surface area (Å²) in [6.07, 6.45) is 1.66. The highest BCUT2D eigenvalue weighted by atomic mass is 16.2. The summed E-state index contributed by atoms with van der Waals surface area (Å²) in [5, 5.41) is 4.14. The van der Waals surface area contributed by atoms with E-state index in [-0.39, 0.29) is 5.91 Å². The number of carbonyl (C=O) groups excluding carboxylic acids is 1. The summed E-state index contributed by atoms with van der Waals surface area (Å²) in [5.74, 6) is 0.686. The second kappa shape index (κ2) is 10.1. The van der Waals surface area contributed by atoms with E-state index in [0.29, 0.717) is 5.56 Å². The first-order valence-electron chi connectivity index (χ1n) is 11.3. The highest BCUT2D eigenvalue weighted by Crippen LogP contribution is 2.19. The van der Waals surface area contributed by atoms with Crippen LogP contribution in [0.15, 0.2) is 77.9 Å². The number of carbonyl (C=O) groups is 1. The Hall–Kier alpha value is -3.93. The lowest BCUT2D eigenvalue weighted by Crippen LogP contribution is -2.21. The van der Waals surface area contributed by atoms with Crippen molar-refractivity contribution in [2.75, 3.05) is 11.4 Å². The van der Waals surface area contributed by atoms with Gasteiger partial charge in [-0.1, -0.05) is 42.5 Å². The highest BCUT2D eigenvalue weighted by Gasteiger charge is 2.10. The van der Waals surface area contributed by atoms with Crippen molar-refractivity contribution in [1.82, 2.24) is 15.0 Å². The van der Waals surface area contributed by atoms with Crippen LogP contribution in [-0.2, 0) is 13.1 Å². The fourth-order valence-electron chi connectivity index (χ4n) is 3.98. The molecule has 4 rings (SSSR count). The van der Waals surface area contributed by atoms with Gasteiger partial charge in [-0.15, -0.1) is 0 Å². The average Bonchev–Trinajstić information content (AvgIpc) is 3.17. The van der Waals surface area contributed by atoms with Crippen LogP contribution in [0.5, 0.6) is 0 Å². The molecule has 1 heterocycles. The molecule has 1 amide bonds. The van der Waals surface area contributed by atoms with Crippen molar-refractivity contribution in [3.05, 3.63) is 95.3 Å². The number of aromatic nitrogens is 2. The van der Waals surface area contributed by atoms with Crippen molar-refractivity contribution >= 4 is 28.8 Å². The van der Waals surface area contributed by atoms with Crippen LogP contribution in [0.4, 0.5) is 5.69 Å². The molecule has 1 N–H and O–H groups in total. The summed E-state index contributed by atoms with van der Waals surface area (Å²) in [6, 6.07) is 24.2. The van der Waals surface area contributed by atoms with Gasteiger partial charge in [0.1, 0.15) is 5.82 Å². The Balaban J connectivity index is 1.39. The Bertz CT molecular complexity index is 1260. The molecular formula is C27H29N5O. The molecule has 6 heteroatoms. The summed E-state index contributed by atoms with van der Waals surface area (Å²) in [5.41, 5.74) is 8.35. The highest BCUT2D eigenvalue weighted by molar-refractivity contribution is 5.98. The first kappa shape index (κ1) is 22.3. The molecule has 0 aliphatic heterocycles. The molecule has 6 nitrogen and oxygen atoms in total. The fraction of sp³-hybridized carbons (Fsp3) is 0.222. The van der Waals surface area contributed by atoms with Gasteiger partial charge in [-0.25, -0.2) is 10.4 Å². The Kier molecular flexibility index (Phi) is 6.83. The quantitative estimate of drug-likeness (QED) is 0.305. The molecule has 4 aromatic rings. The topological polar surface area (TPSA) is 62.5 Å². The number of imidazole rings is 1. The Morgan fingerprint density at radius 3 is 2.52 bits per heavy atom. The van der Waals surface area contributed by atoms with Crippen LogP contribution in [0.25, 0.3) is 11.0 Å². The van der Waals surface area contributed by atoms with Gasteiger partial charge in [-0.2, -0.15) is 5.10 Å². The van der Waals surface area contributed by atoms with Gasteiger partial charge in [0.15, 0.2) is 0 Å². The minimum absolute atomic E-state index is 0.256. The van der Waals surface area contributed by atoms with Crippen LogP contribution in [0, 0.1) is 6.92 Å². The number of hydrogen-bond acceptors (Lipinski definition) is 4. The van der Waals surface area contributed by atoms with Crippen LogP contribution >= 0.6 is 0 Å². The lowest BCUT2D eigenvalue weighted by atomic mass is 10.1. The molecule has 168 valence electrons. The maximum atomic E-state index is 12.5. The summed E-state index contributed by atoms with van der Waals surface area (Å²) < 4.78 is 2.12. The zero-order chi connectivity index (χ0) is 23.2. The van der Waals surface area contributed by atoms with Crippen molar-refractivity contribution < 1.29 is 4.79 Å². The molecule has 0 bridgehead atoms. The molecule has 0 fully saturated rings. The molecule has 0 saturated carbocycles. The summed E-state index contributed by atoms with van der Waals surface area (Å²) in [7, 11) is 0. The average molecular weight is 440 g/mol. The number of amides is 1. The zero-order valence-electron chi connectivity index (χ0n) is 19.3.